The summed E-state index contributed by atoms with van der Waals surface area (Å²) in [4.78, 5) is 13.3. The average molecular weight is 367 g/mol. The smallest absolute Gasteiger partial charge is 0.231 e. The maximum Gasteiger partial charge on any atom is 0.231 e. The van der Waals surface area contributed by atoms with Crippen LogP contribution >= 0.6 is 0 Å². The van der Waals surface area contributed by atoms with Gasteiger partial charge in [0.2, 0.25) is 5.91 Å². The van der Waals surface area contributed by atoms with Crippen LogP contribution in [0.1, 0.15) is 37.3 Å². The van der Waals surface area contributed by atoms with Gasteiger partial charge in [-0.25, -0.2) is 0 Å². The molecule has 1 aliphatic heterocycles. The summed E-state index contributed by atoms with van der Waals surface area (Å²) in [6.45, 7) is 3.30. The summed E-state index contributed by atoms with van der Waals surface area (Å²) in [5.41, 5.74) is 1.82. The molecule has 0 spiro atoms. The molecular weight excluding hydrogens is 338 g/mol. The zero-order valence-electron chi connectivity index (χ0n) is 16.2. The first-order chi connectivity index (χ1) is 13.1. The van der Waals surface area contributed by atoms with Crippen LogP contribution in [0.15, 0.2) is 54.6 Å². The van der Waals surface area contributed by atoms with Crippen molar-refractivity contribution in [3.8, 4) is 5.75 Å². The Labute approximate surface area is 161 Å². The molecule has 1 N–H and O–H groups in total. The molecule has 0 unspecified atom stereocenters. The van der Waals surface area contributed by atoms with Crippen molar-refractivity contribution in [2.75, 3.05) is 20.3 Å². The molecule has 0 aromatic heterocycles. The maximum absolute atomic E-state index is 13.3. The van der Waals surface area contributed by atoms with Gasteiger partial charge in [0.05, 0.1) is 12.5 Å². The van der Waals surface area contributed by atoms with Gasteiger partial charge >= 0.3 is 0 Å². The van der Waals surface area contributed by atoms with Crippen LogP contribution in [-0.4, -0.2) is 32.3 Å². The van der Waals surface area contributed by atoms with Gasteiger partial charge in [-0.15, -0.1) is 0 Å². The second-order valence-electron chi connectivity index (χ2n) is 7.32. The highest BCUT2D eigenvalue weighted by Crippen LogP contribution is 2.36. The number of carbonyl (C=O) groups excluding carboxylic acids is 1. The van der Waals surface area contributed by atoms with E-state index >= 15 is 0 Å². The van der Waals surface area contributed by atoms with Gasteiger partial charge in [0.1, 0.15) is 5.75 Å². The molecule has 4 nitrogen and oxygen atoms in total. The Bertz CT molecular complexity index is 721. The van der Waals surface area contributed by atoms with Crippen LogP contribution in [0, 0.1) is 0 Å². The summed E-state index contributed by atoms with van der Waals surface area (Å²) in [6, 6.07) is 18.4. The van der Waals surface area contributed by atoms with Crippen molar-refractivity contribution in [3.63, 3.8) is 0 Å². The molecule has 0 saturated carbocycles. The van der Waals surface area contributed by atoms with Crippen molar-refractivity contribution in [1.29, 1.82) is 0 Å². The summed E-state index contributed by atoms with van der Waals surface area (Å²) >= 11 is 0. The highest BCUT2D eigenvalue weighted by atomic mass is 16.5. The number of aryl methyl sites for hydroxylation is 1. The molecule has 144 valence electrons. The monoisotopic (exact) mass is 367 g/mol. The number of nitrogens with one attached hydrogen (secondary N) is 1. The van der Waals surface area contributed by atoms with Crippen molar-refractivity contribution >= 4 is 5.91 Å². The second-order valence-corrected chi connectivity index (χ2v) is 7.32. The molecule has 1 atom stereocenters. The molecule has 2 aromatic rings. The minimum Gasteiger partial charge on any atom is -0.497 e. The molecule has 1 fully saturated rings. The fourth-order valence-electron chi connectivity index (χ4n) is 3.74. The fraction of sp³-hybridized carbons (Fsp3) is 0.435. The lowest BCUT2D eigenvalue weighted by Gasteiger charge is -2.37. The van der Waals surface area contributed by atoms with Crippen molar-refractivity contribution in [2.24, 2.45) is 0 Å². The van der Waals surface area contributed by atoms with E-state index in [1.807, 2.05) is 30.3 Å². The quantitative estimate of drug-likeness (QED) is 0.808. The third kappa shape index (κ3) is 4.69. The molecular formula is C23H29NO3. The number of hydrogen-bond acceptors (Lipinski definition) is 3. The first kappa shape index (κ1) is 19.4. The van der Waals surface area contributed by atoms with Crippen LogP contribution < -0.4 is 10.1 Å². The Morgan fingerprint density at radius 3 is 2.41 bits per heavy atom. The number of benzene rings is 2. The van der Waals surface area contributed by atoms with Crippen LogP contribution in [0.25, 0.3) is 0 Å². The van der Waals surface area contributed by atoms with E-state index in [-0.39, 0.29) is 11.9 Å². The van der Waals surface area contributed by atoms with Gasteiger partial charge in [-0.3, -0.25) is 4.79 Å². The van der Waals surface area contributed by atoms with E-state index in [1.165, 1.54) is 5.56 Å². The number of ether oxygens (including phenoxy) is 2. The average Bonchev–Trinajstić information content (AvgIpc) is 2.73. The number of carbonyl (C=O) groups is 1. The van der Waals surface area contributed by atoms with Gasteiger partial charge in [0, 0.05) is 19.3 Å². The van der Waals surface area contributed by atoms with E-state index in [4.69, 9.17) is 9.47 Å². The maximum atomic E-state index is 13.3. The zero-order chi connectivity index (χ0) is 19.1. The molecule has 0 bridgehead atoms. The molecule has 1 heterocycles. The van der Waals surface area contributed by atoms with Gasteiger partial charge < -0.3 is 14.8 Å². The molecule has 27 heavy (non-hydrogen) atoms. The predicted octanol–water partition coefficient (Wildman–Crippen LogP) is 3.88. The lowest BCUT2D eigenvalue weighted by molar-refractivity contribution is -0.131. The minimum atomic E-state index is -0.522. The first-order valence-electron chi connectivity index (χ1n) is 9.71. The van der Waals surface area contributed by atoms with Crippen LogP contribution in [0.3, 0.4) is 0 Å². The SMILES string of the molecule is COc1ccc(C2(C(=O)N[C@@H](C)CCc3ccccc3)CCOCC2)cc1. The lowest BCUT2D eigenvalue weighted by Crippen LogP contribution is -2.50. The predicted molar refractivity (Wildman–Crippen MR) is 107 cm³/mol. The summed E-state index contributed by atoms with van der Waals surface area (Å²) in [5, 5.41) is 3.26. The normalized spacial score (nSPS) is 17.1. The zero-order valence-corrected chi connectivity index (χ0v) is 16.2. The molecule has 4 heteroatoms. The van der Waals surface area contributed by atoms with E-state index in [9.17, 15) is 4.79 Å². The molecule has 1 aliphatic rings. The Morgan fingerprint density at radius 2 is 1.78 bits per heavy atom. The van der Waals surface area contributed by atoms with Gasteiger partial charge in [0.25, 0.3) is 0 Å². The minimum absolute atomic E-state index is 0.108. The van der Waals surface area contributed by atoms with Crippen molar-refractivity contribution in [3.05, 3.63) is 65.7 Å². The summed E-state index contributed by atoms with van der Waals surface area (Å²) < 4.78 is 10.8. The largest absolute Gasteiger partial charge is 0.497 e. The van der Waals surface area contributed by atoms with Crippen LogP contribution in [-0.2, 0) is 21.4 Å². The Kier molecular flexibility index (Phi) is 6.51. The molecule has 1 amide bonds. The molecule has 0 radical (unpaired) electrons. The summed E-state index contributed by atoms with van der Waals surface area (Å²) in [6.07, 6.45) is 3.29. The van der Waals surface area contributed by atoms with Crippen LogP contribution in [0.4, 0.5) is 0 Å². The summed E-state index contributed by atoms with van der Waals surface area (Å²) in [7, 11) is 1.65. The van der Waals surface area contributed by atoms with Crippen LogP contribution in [0.5, 0.6) is 5.75 Å². The van der Waals surface area contributed by atoms with Gasteiger partial charge in [-0.2, -0.15) is 0 Å². The number of amides is 1. The number of hydrogen-bond donors (Lipinski definition) is 1. The summed E-state index contributed by atoms with van der Waals surface area (Å²) in [5.74, 6) is 0.911. The van der Waals surface area contributed by atoms with Crippen molar-refractivity contribution in [2.45, 2.75) is 44.1 Å². The number of methoxy groups -OCH3 is 1. The Morgan fingerprint density at radius 1 is 1.11 bits per heavy atom. The van der Waals surface area contributed by atoms with E-state index in [0.717, 1.165) is 24.2 Å². The van der Waals surface area contributed by atoms with Gasteiger partial charge in [-0.1, -0.05) is 42.5 Å². The Balaban J connectivity index is 1.69. The topological polar surface area (TPSA) is 47.6 Å². The standard InChI is InChI=1S/C23H29NO3/c1-18(8-9-19-6-4-3-5-7-19)24-22(25)23(14-16-27-17-15-23)20-10-12-21(26-2)13-11-20/h3-7,10-13,18H,8-9,14-17H2,1-2H3,(H,24,25)/t18-/m0/s1. The molecule has 3 rings (SSSR count). The van der Waals surface area contributed by atoms with E-state index in [2.05, 4.69) is 36.5 Å². The molecule has 2 aromatic carbocycles. The highest BCUT2D eigenvalue weighted by molar-refractivity contribution is 5.88. The number of rotatable bonds is 7. The first-order valence-corrected chi connectivity index (χ1v) is 9.71. The van der Waals surface area contributed by atoms with E-state index in [1.54, 1.807) is 7.11 Å². The molecule has 0 aliphatic carbocycles. The third-order valence-corrected chi connectivity index (χ3v) is 5.51. The third-order valence-electron chi connectivity index (χ3n) is 5.51. The van der Waals surface area contributed by atoms with E-state index < -0.39 is 5.41 Å². The lowest BCUT2D eigenvalue weighted by atomic mass is 9.73. The van der Waals surface area contributed by atoms with Crippen LogP contribution in [0.2, 0.25) is 0 Å². The van der Waals surface area contributed by atoms with Gasteiger partial charge in [-0.05, 0) is 55.9 Å². The fourth-order valence-corrected chi connectivity index (χ4v) is 3.74. The Hall–Kier alpha value is -2.33. The highest BCUT2D eigenvalue weighted by Gasteiger charge is 2.42. The van der Waals surface area contributed by atoms with Crippen molar-refractivity contribution in [1.82, 2.24) is 5.32 Å². The molecule has 1 saturated heterocycles. The van der Waals surface area contributed by atoms with E-state index in [0.29, 0.717) is 26.1 Å². The second kappa shape index (κ2) is 9.05. The van der Waals surface area contributed by atoms with Gasteiger partial charge in [0.15, 0.2) is 0 Å². The van der Waals surface area contributed by atoms with Crippen molar-refractivity contribution < 1.29 is 14.3 Å².